The Balaban J connectivity index is 2.28. The number of rotatable bonds is 6. The average molecular weight is 334 g/mol. The van der Waals surface area contributed by atoms with Crippen molar-refractivity contribution in [1.29, 1.82) is 5.26 Å². The number of hydrogen-bond donors (Lipinski definition) is 1. The lowest BCUT2D eigenvalue weighted by Crippen LogP contribution is -2.10. The maximum atomic E-state index is 12.2. The molecule has 0 aliphatic heterocycles. The lowest BCUT2D eigenvalue weighted by Gasteiger charge is -2.06. The molecule has 0 atom stereocenters. The average Bonchev–Trinajstić information content (AvgIpc) is 3.08. The van der Waals surface area contributed by atoms with Gasteiger partial charge in [-0.3, -0.25) is 0 Å². The van der Waals surface area contributed by atoms with E-state index in [0.717, 1.165) is 29.7 Å². The van der Waals surface area contributed by atoms with Gasteiger partial charge in [0.15, 0.2) is 5.57 Å². The third-order valence-corrected chi connectivity index (χ3v) is 4.59. The maximum absolute atomic E-state index is 12.2. The molecule has 1 aliphatic rings. The van der Waals surface area contributed by atoms with Gasteiger partial charge in [-0.25, -0.2) is 9.59 Å². The molecule has 122 valence electrons. The number of ether oxygens (including phenoxy) is 2. The predicted molar refractivity (Wildman–Crippen MR) is 86.3 cm³/mol. The first kappa shape index (κ1) is 17.0. The molecular weight excluding hydrogens is 316 g/mol. The van der Waals surface area contributed by atoms with E-state index >= 15 is 0 Å². The summed E-state index contributed by atoms with van der Waals surface area (Å²) in [6.07, 6.45) is 4.08. The normalized spacial score (nSPS) is 13.2. The highest BCUT2D eigenvalue weighted by Crippen LogP contribution is 2.39. The Bertz CT molecular complexity index is 685. The van der Waals surface area contributed by atoms with E-state index in [2.05, 4.69) is 5.32 Å². The van der Waals surface area contributed by atoms with E-state index in [4.69, 9.17) is 14.7 Å². The number of carbonyl (C=O) groups excluding carboxylic acids is 2. The van der Waals surface area contributed by atoms with Gasteiger partial charge in [-0.2, -0.15) is 5.26 Å². The molecule has 1 aromatic rings. The maximum Gasteiger partial charge on any atom is 0.350 e. The third kappa shape index (κ3) is 3.71. The smallest absolute Gasteiger partial charge is 0.350 e. The highest BCUT2D eigenvalue weighted by Gasteiger charge is 2.27. The summed E-state index contributed by atoms with van der Waals surface area (Å²) >= 11 is 1.46. The number of carbonyl (C=O) groups is 2. The zero-order chi connectivity index (χ0) is 16.8. The van der Waals surface area contributed by atoms with Gasteiger partial charge in [0.1, 0.15) is 11.1 Å². The zero-order valence-electron chi connectivity index (χ0n) is 13.1. The van der Waals surface area contributed by atoms with E-state index in [1.54, 1.807) is 19.9 Å². The molecule has 7 heteroatoms. The monoisotopic (exact) mass is 334 g/mol. The minimum absolute atomic E-state index is 0.143. The fraction of sp³-hybridized carbons (Fsp3) is 0.438. The minimum Gasteiger partial charge on any atom is -0.462 e. The van der Waals surface area contributed by atoms with Crippen molar-refractivity contribution >= 4 is 28.3 Å². The summed E-state index contributed by atoms with van der Waals surface area (Å²) in [7, 11) is 0. The van der Waals surface area contributed by atoms with Crippen LogP contribution in [-0.4, -0.2) is 25.2 Å². The molecule has 0 fully saturated rings. The van der Waals surface area contributed by atoms with Crippen molar-refractivity contribution in [1.82, 2.24) is 0 Å². The van der Waals surface area contributed by atoms with Crippen molar-refractivity contribution in [3.8, 4) is 6.07 Å². The Hall–Kier alpha value is -2.33. The molecule has 0 aromatic carbocycles. The second kappa shape index (κ2) is 7.79. The molecule has 0 radical (unpaired) electrons. The number of anilines is 1. The fourth-order valence-electron chi connectivity index (χ4n) is 2.41. The van der Waals surface area contributed by atoms with Crippen LogP contribution in [0.4, 0.5) is 5.00 Å². The van der Waals surface area contributed by atoms with Crippen molar-refractivity contribution in [3.05, 3.63) is 27.8 Å². The molecule has 1 N–H and O–H groups in total. The standard InChI is InChI=1S/C16H18N2O4S/c1-3-21-15(19)10(8-17)9-18-14-13(16(20)22-4-2)11-6-5-7-12(11)23-14/h9,18H,3-7H2,1-2H3/b10-9+. The quantitative estimate of drug-likeness (QED) is 0.489. The van der Waals surface area contributed by atoms with Gasteiger partial charge in [0.05, 0.1) is 18.8 Å². The summed E-state index contributed by atoms with van der Waals surface area (Å²) in [6.45, 7) is 3.92. The molecule has 23 heavy (non-hydrogen) atoms. The first-order valence-corrected chi connectivity index (χ1v) is 8.29. The molecular formula is C16H18N2O4S. The Labute approximate surface area is 138 Å². The summed E-state index contributed by atoms with van der Waals surface area (Å²) in [5.41, 5.74) is 1.39. The molecule has 0 amide bonds. The Kier molecular flexibility index (Phi) is 5.77. The molecule has 1 aliphatic carbocycles. The number of esters is 2. The number of hydrogen-bond acceptors (Lipinski definition) is 7. The molecule has 1 heterocycles. The summed E-state index contributed by atoms with van der Waals surface area (Å²) in [5, 5.41) is 12.5. The highest BCUT2D eigenvalue weighted by molar-refractivity contribution is 7.16. The third-order valence-electron chi connectivity index (χ3n) is 3.36. The summed E-state index contributed by atoms with van der Waals surface area (Å²) < 4.78 is 9.92. The van der Waals surface area contributed by atoms with E-state index < -0.39 is 5.97 Å². The van der Waals surface area contributed by atoms with E-state index in [1.807, 2.05) is 0 Å². The Morgan fingerprint density at radius 3 is 2.70 bits per heavy atom. The van der Waals surface area contributed by atoms with E-state index in [1.165, 1.54) is 17.5 Å². The minimum atomic E-state index is -0.690. The number of aryl methyl sites for hydroxylation is 1. The molecule has 1 aromatic heterocycles. The molecule has 0 spiro atoms. The lowest BCUT2D eigenvalue weighted by molar-refractivity contribution is -0.138. The molecule has 0 unspecified atom stereocenters. The summed E-state index contributed by atoms with van der Waals surface area (Å²) in [5.74, 6) is -1.07. The lowest BCUT2D eigenvalue weighted by atomic mass is 10.1. The zero-order valence-corrected chi connectivity index (χ0v) is 13.9. The Morgan fingerprint density at radius 2 is 2.04 bits per heavy atom. The SMILES string of the molecule is CCOC(=O)/C(C#N)=C/Nc1sc2c(c1C(=O)OCC)CCC2. The molecule has 2 rings (SSSR count). The van der Waals surface area contributed by atoms with Gasteiger partial charge in [0.25, 0.3) is 0 Å². The molecule has 0 bridgehead atoms. The van der Waals surface area contributed by atoms with Crippen LogP contribution in [0.2, 0.25) is 0 Å². The van der Waals surface area contributed by atoms with Crippen LogP contribution in [0.3, 0.4) is 0 Å². The predicted octanol–water partition coefficient (Wildman–Crippen LogP) is 2.80. The van der Waals surface area contributed by atoms with Gasteiger partial charge in [0.2, 0.25) is 0 Å². The van der Waals surface area contributed by atoms with Gasteiger partial charge < -0.3 is 14.8 Å². The van der Waals surface area contributed by atoms with Crippen molar-refractivity contribution < 1.29 is 19.1 Å². The summed E-state index contributed by atoms with van der Waals surface area (Å²) in [4.78, 5) is 25.0. The van der Waals surface area contributed by atoms with Gasteiger partial charge in [-0.05, 0) is 38.7 Å². The van der Waals surface area contributed by atoms with Crippen LogP contribution in [0.5, 0.6) is 0 Å². The number of nitrogens with zero attached hydrogens (tertiary/aromatic N) is 1. The number of nitriles is 1. The van der Waals surface area contributed by atoms with Gasteiger partial charge >= 0.3 is 11.9 Å². The highest BCUT2D eigenvalue weighted by atomic mass is 32.1. The van der Waals surface area contributed by atoms with Crippen LogP contribution >= 0.6 is 11.3 Å². The molecule has 6 nitrogen and oxygen atoms in total. The van der Waals surface area contributed by atoms with E-state index in [0.29, 0.717) is 17.2 Å². The summed E-state index contributed by atoms with van der Waals surface area (Å²) in [6, 6.07) is 1.79. The van der Waals surface area contributed by atoms with Crippen LogP contribution in [-0.2, 0) is 27.1 Å². The number of nitrogens with one attached hydrogen (secondary N) is 1. The second-order valence-electron chi connectivity index (χ2n) is 4.82. The van der Waals surface area contributed by atoms with Crippen molar-refractivity contribution in [2.45, 2.75) is 33.1 Å². The van der Waals surface area contributed by atoms with Gasteiger partial charge in [-0.15, -0.1) is 11.3 Å². The second-order valence-corrected chi connectivity index (χ2v) is 5.92. The van der Waals surface area contributed by atoms with Crippen molar-refractivity contribution in [3.63, 3.8) is 0 Å². The van der Waals surface area contributed by atoms with E-state index in [-0.39, 0.29) is 18.1 Å². The molecule has 0 saturated carbocycles. The Morgan fingerprint density at radius 1 is 1.30 bits per heavy atom. The van der Waals surface area contributed by atoms with Crippen LogP contribution in [0.15, 0.2) is 11.8 Å². The van der Waals surface area contributed by atoms with Crippen LogP contribution in [0.1, 0.15) is 41.1 Å². The molecule has 0 saturated heterocycles. The van der Waals surface area contributed by atoms with Crippen LogP contribution < -0.4 is 5.32 Å². The van der Waals surface area contributed by atoms with E-state index in [9.17, 15) is 9.59 Å². The first-order valence-electron chi connectivity index (χ1n) is 7.47. The van der Waals surface area contributed by atoms with Gasteiger partial charge in [-0.1, -0.05) is 0 Å². The van der Waals surface area contributed by atoms with Crippen molar-refractivity contribution in [2.24, 2.45) is 0 Å². The van der Waals surface area contributed by atoms with Crippen LogP contribution in [0.25, 0.3) is 0 Å². The van der Waals surface area contributed by atoms with Crippen LogP contribution in [0, 0.1) is 11.3 Å². The fourth-order valence-corrected chi connectivity index (χ4v) is 3.66. The topological polar surface area (TPSA) is 88.4 Å². The van der Waals surface area contributed by atoms with Crippen molar-refractivity contribution in [2.75, 3.05) is 18.5 Å². The number of fused-ring (bicyclic) bond motifs is 1. The first-order chi connectivity index (χ1) is 11.1. The van der Waals surface area contributed by atoms with Gasteiger partial charge in [0, 0.05) is 11.1 Å². The number of thiophene rings is 1. The largest absolute Gasteiger partial charge is 0.462 e.